The van der Waals surface area contributed by atoms with Crippen LogP contribution in [0.3, 0.4) is 0 Å². The van der Waals surface area contributed by atoms with E-state index in [1.807, 2.05) is 7.05 Å². The molecule has 0 unspecified atom stereocenters. The van der Waals surface area contributed by atoms with Crippen molar-refractivity contribution in [2.45, 2.75) is 25.3 Å². The van der Waals surface area contributed by atoms with Crippen LogP contribution in [0.5, 0.6) is 5.75 Å². The van der Waals surface area contributed by atoms with E-state index in [9.17, 15) is 4.39 Å². The van der Waals surface area contributed by atoms with Gasteiger partial charge in [-0.1, -0.05) is 12.1 Å². The molecule has 0 amide bonds. The van der Waals surface area contributed by atoms with E-state index in [0.717, 1.165) is 32.5 Å². The van der Waals surface area contributed by atoms with Crippen molar-refractivity contribution in [3.05, 3.63) is 30.1 Å². The zero-order chi connectivity index (χ0) is 13.7. The molecule has 106 valence electrons. The van der Waals surface area contributed by atoms with E-state index in [4.69, 9.17) is 4.74 Å². The van der Waals surface area contributed by atoms with Crippen LogP contribution in [0.25, 0.3) is 0 Å². The lowest BCUT2D eigenvalue weighted by Crippen LogP contribution is -2.50. The van der Waals surface area contributed by atoms with Gasteiger partial charge in [0.1, 0.15) is 6.61 Å². The van der Waals surface area contributed by atoms with Crippen molar-refractivity contribution in [2.75, 3.05) is 33.3 Å². The second-order valence-corrected chi connectivity index (χ2v) is 5.43. The molecule has 1 aromatic rings. The molecule has 0 radical (unpaired) electrons. The van der Waals surface area contributed by atoms with E-state index in [0.29, 0.717) is 12.4 Å². The molecule has 19 heavy (non-hydrogen) atoms. The summed E-state index contributed by atoms with van der Waals surface area (Å²) in [5.41, 5.74) is 0.267. The molecule has 1 N–H and O–H groups in total. The van der Waals surface area contributed by atoms with Crippen LogP contribution in [-0.2, 0) is 0 Å². The fraction of sp³-hybridized carbons (Fsp3) is 0.600. The molecule has 1 saturated heterocycles. The fourth-order valence-corrected chi connectivity index (χ4v) is 2.37. The van der Waals surface area contributed by atoms with E-state index in [-0.39, 0.29) is 11.4 Å². The Labute approximate surface area is 114 Å². The maximum atomic E-state index is 13.4. The first-order valence-corrected chi connectivity index (χ1v) is 6.91. The van der Waals surface area contributed by atoms with Gasteiger partial charge in [-0.3, -0.25) is 4.90 Å². The Balaban J connectivity index is 1.72. The van der Waals surface area contributed by atoms with Gasteiger partial charge in [0.15, 0.2) is 11.6 Å². The molecule has 0 spiro atoms. The Morgan fingerprint density at radius 2 is 2.00 bits per heavy atom. The lowest BCUT2D eigenvalue weighted by Gasteiger charge is -2.39. The molecule has 1 aromatic carbocycles. The Morgan fingerprint density at radius 1 is 1.32 bits per heavy atom. The molecule has 4 heteroatoms. The molecular weight excluding hydrogens is 243 g/mol. The molecule has 2 rings (SSSR count). The second-order valence-electron chi connectivity index (χ2n) is 5.43. The largest absolute Gasteiger partial charge is 0.489 e. The van der Waals surface area contributed by atoms with Crippen molar-refractivity contribution in [3.63, 3.8) is 0 Å². The van der Waals surface area contributed by atoms with Crippen molar-refractivity contribution in [3.8, 4) is 5.75 Å². The van der Waals surface area contributed by atoms with Crippen molar-refractivity contribution < 1.29 is 9.13 Å². The standard InChI is InChI=1S/C15H23FN2O/c1-15(17-2)7-9-18(10-8-15)11-12-19-14-6-4-3-5-13(14)16/h3-6,17H,7-12H2,1-2H3. The van der Waals surface area contributed by atoms with Gasteiger partial charge in [0.2, 0.25) is 0 Å². The van der Waals surface area contributed by atoms with Crippen LogP contribution in [-0.4, -0.2) is 43.7 Å². The predicted octanol–water partition coefficient (Wildman–Crippen LogP) is 2.28. The van der Waals surface area contributed by atoms with Crippen LogP contribution in [0.15, 0.2) is 24.3 Å². The molecule has 0 bridgehead atoms. The number of hydrogen-bond acceptors (Lipinski definition) is 3. The van der Waals surface area contributed by atoms with Crippen LogP contribution < -0.4 is 10.1 Å². The van der Waals surface area contributed by atoms with Gasteiger partial charge in [0.25, 0.3) is 0 Å². The van der Waals surface area contributed by atoms with Gasteiger partial charge in [-0.2, -0.15) is 0 Å². The zero-order valence-electron chi connectivity index (χ0n) is 11.8. The van der Waals surface area contributed by atoms with Gasteiger partial charge in [-0.15, -0.1) is 0 Å². The average molecular weight is 266 g/mol. The molecule has 1 aliphatic heterocycles. The molecule has 1 aliphatic rings. The number of rotatable bonds is 5. The summed E-state index contributed by atoms with van der Waals surface area (Å²) in [4.78, 5) is 2.37. The number of nitrogens with zero attached hydrogens (tertiary/aromatic N) is 1. The third-order valence-corrected chi connectivity index (χ3v) is 4.06. The normalized spacial score (nSPS) is 19.3. The van der Waals surface area contributed by atoms with Gasteiger partial charge in [-0.25, -0.2) is 4.39 Å². The van der Waals surface area contributed by atoms with Crippen molar-refractivity contribution in [1.29, 1.82) is 0 Å². The van der Waals surface area contributed by atoms with Crippen LogP contribution in [0, 0.1) is 5.82 Å². The molecule has 0 aromatic heterocycles. The van der Waals surface area contributed by atoms with Gasteiger partial charge < -0.3 is 10.1 Å². The fourth-order valence-electron chi connectivity index (χ4n) is 2.37. The summed E-state index contributed by atoms with van der Waals surface area (Å²) in [6, 6.07) is 6.56. The van der Waals surface area contributed by atoms with Gasteiger partial charge >= 0.3 is 0 Å². The lowest BCUT2D eigenvalue weighted by molar-refractivity contribution is 0.131. The topological polar surface area (TPSA) is 24.5 Å². The third-order valence-electron chi connectivity index (χ3n) is 4.06. The van der Waals surface area contributed by atoms with Gasteiger partial charge in [-0.05, 0) is 38.9 Å². The molecule has 0 atom stereocenters. The van der Waals surface area contributed by atoms with Gasteiger partial charge in [0, 0.05) is 25.2 Å². The van der Waals surface area contributed by atoms with Crippen LogP contribution in [0.2, 0.25) is 0 Å². The first kappa shape index (κ1) is 14.3. The zero-order valence-corrected chi connectivity index (χ0v) is 11.8. The highest BCUT2D eigenvalue weighted by molar-refractivity contribution is 5.23. The quantitative estimate of drug-likeness (QED) is 0.885. The minimum absolute atomic E-state index is 0.267. The number of benzene rings is 1. The molecule has 1 heterocycles. The molecule has 3 nitrogen and oxygen atoms in total. The van der Waals surface area contributed by atoms with Crippen molar-refractivity contribution >= 4 is 0 Å². The first-order chi connectivity index (χ1) is 9.13. The lowest BCUT2D eigenvalue weighted by atomic mass is 9.90. The highest BCUT2D eigenvalue weighted by Crippen LogP contribution is 2.21. The maximum absolute atomic E-state index is 13.4. The monoisotopic (exact) mass is 266 g/mol. The Bertz CT molecular complexity index is 403. The number of likely N-dealkylation sites (tertiary alicyclic amines) is 1. The van der Waals surface area contributed by atoms with E-state index < -0.39 is 0 Å². The minimum Gasteiger partial charge on any atom is -0.489 e. The van der Waals surface area contributed by atoms with E-state index in [1.165, 1.54) is 6.07 Å². The maximum Gasteiger partial charge on any atom is 0.165 e. The summed E-state index contributed by atoms with van der Waals surface area (Å²) in [6.07, 6.45) is 2.28. The Morgan fingerprint density at radius 3 is 2.63 bits per heavy atom. The second kappa shape index (κ2) is 6.35. The highest BCUT2D eigenvalue weighted by Gasteiger charge is 2.27. The molecule has 1 fully saturated rings. The highest BCUT2D eigenvalue weighted by atomic mass is 19.1. The molecule has 0 aliphatic carbocycles. The van der Waals surface area contributed by atoms with E-state index in [1.54, 1.807) is 18.2 Å². The molecular formula is C15H23FN2O. The summed E-state index contributed by atoms with van der Waals surface area (Å²) < 4.78 is 18.8. The van der Waals surface area contributed by atoms with Crippen LogP contribution in [0.4, 0.5) is 4.39 Å². The number of halogens is 1. The van der Waals surface area contributed by atoms with Crippen LogP contribution in [0.1, 0.15) is 19.8 Å². The summed E-state index contributed by atoms with van der Waals surface area (Å²) in [6.45, 7) is 5.79. The van der Waals surface area contributed by atoms with Crippen molar-refractivity contribution in [1.82, 2.24) is 10.2 Å². The summed E-state index contributed by atoms with van der Waals surface area (Å²) >= 11 is 0. The average Bonchev–Trinajstić information content (AvgIpc) is 2.43. The Hall–Kier alpha value is -1.13. The Kier molecular flexibility index (Phi) is 4.77. The van der Waals surface area contributed by atoms with E-state index >= 15 is 0 Å². The number of para-hydroxylation sites is 1. The number of ether oxygens (including phenoxy) is 1. The smallest absolute Gasteiger partial charge is 0.165 e. The SMILES string of the molecule is CNC1(C)CCN(CCOc2ccccc2F)CC1. The number of piperidine rings is 1. The predicted molar refractivity (Wildman–Crippen MR) is 75.0 cm³/mol. The van der Waals surface area contributed by atoms with Crippen molar-refractivity contribution in [2.24, 2.45) is 0 Å². The van der Waals surface area contributed by atoms with E-state index in [2.05, 4.69) is 17.1 Å². The summed E-state index contributed by atoms with van der Waals surface area (Å²) in [7, 11) is 2.02. The summed E-state index contributed by atoms with van der Waals surface area (Å²) in [5, 5.41) is 3.38. The van der Waals surface area contributed by atoms with Gasteiger partial charge in [0.05, 0.1) is 0 Å². The summed E-state index contributed by atoms with van der Waals surface area (Å²) in [5.74, 6) is 0.0588. The number of nitrogens with one attached hydrogen (secondary N) is 1. The number of hydrogen-bond donors (Lipinski definition) is 1. The minimum atomic E-state index is -0.288. The first-order valence-electron chi connectivity index (χ1n) is 6.91. The molecule has 0 saturated carbocycles. The third kappa shape index (κ3) is 3.91. The van der Waals surface area contributed by atoms with Crippen LogP contribution >= 0.6 is 0 Å².